The molecule has 0 aromatic carbocycles. The fourth-order valence-electron chi connectivity index (χ4n) is 3.77. The summed E-state index contributed by atoms with van der Waals surface area (Å²) >= 11 is 0. The quantitative estimate of drug-likeness (QED) is 0.908. The molecule has 4 heteroatoms. The molecule has 114 valence electrons. The highest BCUT2D eigenvalue weighted by molar-refractivity contribution is 5.66. The van der Waals surface area contributed by atoms with Crippen molar-refractivity contribution >= 4 is 6.09 Å². The molecular formula is C17H24N2O2. The van der Waals surface area contributed by atoms with Gasteiger partial charge in [-0.05, 0) is 37.3 Å². The fraction of sp³-hybridized carbons (Fsp3) is 0.647. The first-order chi connectivity index (χ1) is 9.77. The van der Waals surface area contributed by atoms with E-state index in [1.165, 1.54) is 10.6 Å². The van der Waals surface area contributed by atoms with Crippen molar-refractivity contribution < 1.29 is 9.90 Å². The van der Waals surface area contributed by atoms with E-state index in [1.807, 2.05) is 0 Å². The van der Waals surface area contributed by atoms with Gasteiger partial charge in [-0.2, -0.15) is 0 Å². The largest absolute Gasteiger partial charge is 0.465 e. The third-order valence-electron chi connectivity index (χ3n) is 4.84. The van der Waals surface area contributed by atoms with Gasteiger partial charge in [-0.25, -0.2) is 4.79 Å². The number of pyridine rings is 1. The molecule has 1 saturated heterocycles. The smallest absolute Gasteiger partial charge is 0.407 e. The highest BCUT2D eigenvalue weighted by Gasteiger charge is 2.53. The first kappa shape index (κ1) is 14.4. The fourth-order valence-corrected chi connectivity index (χ4v) is 3.77. The van der Waals surface area contributed by atoms with E-state index in [9.17, 15) is 4.79 Å². The van der Waals surface area contributed by atoms with E-state index in [0.717, 1.165) is 38.0 Å². The molecule has 2 heterocycles. The third kappa shape index (κ3) is 2.76. The van der Waals surface area contributed by atoms with Crippen LogP contribution in [0.5, 0.6) is 0 Å². The molecule has 1 amide bonds. The van der Waals surface area contributed by atoms with Crippen molar-refractivity contribution in [3.8, 4) is 0 Å². The van der Waals surface area contributed by atoms with Crippen LogP contribution >= 0.6 is 0 Å². The highest BCUT2D eigenvalue weighted by Crippen LogP contribution is 2.52. The van der Waals surface area contributed by atoms with Crippen molar-refractivity contribution in [2.24, 2.45) is 11.3 Å². The van der Waals surface area contributed by atoms with Gasteiger partial charge < -0.3 is 10.0 Å². The summed E-state index contributed by atoms with van der Waals surface area (Å²) < 4.78 is 0. The van der Waals surface area contributed by atoms with Gasteiger partial charge in [-0.15, -0.1) is 0 Å². The summed E-state index contributed by atoms with van der Waals surface area (Å²) in [6, 6.07) is 6.32. The lowest BCUT2D eigenvalue weighted by molar-refractivity contribution is -0.0796. The number of aromatic nitrogens is 1. The van der Waals surface area contributed by atoms with Gasteiger partial charge in [0, 0.05) is 35.3 Å². The Labute approximate surface area is 126 Å². The van der Waals surface area contributed by atoms with Crippen molar-refractivity contribution in [1.82, 2.24) is 9.88 Å². The number of amides is 1. The van der Waals surface area contributed by atoms with Crippen molar-refractivity contribution in [2.45, 2.75) is 45.4 Å². The number of hydrogen-bond donors (Lipinski definition) is 1. The Bertz CT molecular complexity index is 548. The molecule has 1 aliphatic carbocycles. The van der Waals surface area contributed by atoms with Crippen LogP contribution in [0.15, 0.2) is 18.2 Å². The van der Waals surface area contributed by atoms with Gasteiger partial charge in [-0.1, -0.05) is 26.8 Å². The minimum atomic E-state index is -0.774. The van der Waals surface area contributed by atoms with Crippen molar-refractivity contribution in [1.29, 1.82) is 0 Å². The zero-order valence-electron chi connectivity index (χ0n) is 13.1. The number of hydrogen-bond acceptors (Lipinski definition) is 2. The normalized spacial score (nSPS) is 21.0. The molecule has 21 heavy (non-hydrogen) atoms. The molecule has 1 aromatic heterocycles. The molecule has 1 saturated carbocycles. The lowest BCUT2D eigenvalue weighted by atomic mass is 9.57. The van der Waals surface area contributed by atoms with E-state index in [2.05, 4.69) is 39.0 Å². The summed E-state index contributed by atoms with van der Waals surface area (Å²) in [5.74, 6) is 0.670. The summed E-state index contributed by atoms with van der Waals surface area (Å²) in [5, 5.41) is 8.91. The van der Waals surface area contributed by atoms with Gasteiger partial charge in [-0.3, -0.25) is 4.98 Å². The minimum absolute atomic E-state index is 0.0901. The molecule has 0 bridgehead atoms. The molecule has 3 rings (SSSR count). The Balaban J connectivity index is 1.55. The van der Waals surface area contributed by atoms with Crippen molar-refractivity contribution in [2.75, 3.05) is 13.1 Å². The molecule has 4 nitrogen and oxygen atoms in total. The Hall–Kier alpha value is -1.58. The lowest BCUT2D eigenvalue weighted by Gasteiger charge is -2.58. The molecule has 1 aliphatic heterocycles. The van der Waals surface area contributed by atoms with E-state index < -0.39 is 6.09 Å². The summed E-state index contributed by atoms with van der Waals surface area (Å²) in [7, 11) is 0. The maximum atomic E-state index is 10.8. The lowest BCUT2D eigenvalue weighted by Crippen LogP contribution is -2.63. The van der Waals surface area contributed by atoms with Crippen LogP contribution in [0.4, 0.5) is 4.79 Å². The molecule has 0 unspecified atom stereocenters. The van der Waals surface area contributed by atoms with Crippen LogP contribution in [-0.2, 0) is 11.8 Å². The van der Waals surface area contributed by atoms with Gasteiger partial charge in [0.05, 0.1) is 0 Å². The predicted molar refractivity (Wildman–Crippen MR) is 81.4 cm³/mol. The Kier molecular flexibility index (Phi) is 3.23. The average Bonchev–Trinajstić information content (AvgIpc) is 2.29. The maximum Gasteiger partial charge on any atom is 0.407 e. The van der Waals surface area contributed by atoms with E-state index in [1.54, 1.807) is 0 Å². The monoisotopic (exact) mass is 288 g/mol. The molecule has 2 fully saturated rings. The molecular weight excluding hydrogens is 264 g/mol. The van der Waals surface area contributed by atoms with Gasteiger partial charge in [0.2, 0.25) is 0 Å². The number of carboxylic acid groups (broad SMARTS) is 1. The maximum absolute atomic E-state index is 10.8. The van der Waals surface area contributed by atoms with Gasteiger partial charge in [0.25, 0.3) is 0 Å². The average molecular weight is 288 g/mol. The number of nitrogens with zero attached hydrogens (tertiary/aromatic N) is 2. The molecule has 0 atom stereocenters. The first-order valence-electron chi connectivity index (χ1n) is 7.72. The Morgan fingerprint density at radius 1 is 1.38 bits per heavy atom. The molecule has 1 aromatic rings. The first-order valence-corrected chi connectivity index (χ1v) is 7.72. The van der Waals surface area contributed by atoms with Crippen LogP contribution in [0.3, 0.4) is 0 Å². The van der Waals surface area contributed by atoms with Crippen molar-refractivity contribution in [3.63, 3.8) is 0 Å². The summed E-state index contributed by atoms with van der Waals surface area (Å²) in [5.41, 5.74) is 2.71. The highest BCUT2D eigenvalue weighted by atomic mass is 16.4. The van der Waals surface area contributed by atoms with E-state index >= 15 is 0 Å². The third-order valence-corrected chi connectivity index (χ3v) is 4.84. The second-order valence-corrected chi connectivity index (χ2v) is 7.88. The van der Waals surface area contributed by atoms with Crippen LogP contribution < -0.4 is 0 Å². The van der Waals surface area contributed by atoms with Gasteiger partial charge in [0.15, 0.2) is 0 Å². The topological polar surface area (TPSA) is 53.4 Å². The zero-order chi connectivity index (χ0) is 15.3. The SMILES string of the molecule is CC(C)(C)c1cccc(CC2CC3(C2)CN(C(=O)O)C3)n1. The summed E-state index contributed by atoms with van der Waals surface area (Å²) in [4.78, 5) is 17.1. The molecule has 1 N–H and O–H groups in total. The summed E-state index contributed by atoms with van der Waals surface area (Å²) in [6.45, 7) is 8.02. The predicted octanol–water partition coefficient (Wildman–Crippen LogP) is 3.31. The standard InChI is InChI=1S/C17H24N2O2/c1-16(2,3)14-6-4-5-13(18-14)7-12-8-17(9-12)10-19(11-17)15(20)21/h4-6,12H,7-11H2,1-3H3,(H,20,21). The number of likely N-dealkylation sites (tertiary alicyclic amines) is 1. The number of carbonyl (C=O) groups is 1. The van der Waals surface area contributed by atoms with E-state index in [-0.39, 0.29) is 5.41 Å². The van der Waals surface area contributed by atoms with E-state index in [4.69, 9.17) is 10.1 Å². The zero-order valence-corrected chi connectivity index (χ0v) is 13.1. The molecule has 1 spiro atoms. The van der Waals surface area contributed by atoms with Crippen LogP contribution in [0.1, 0.15) is 45.0 Å². The Morgan fingerprint density at radius 3 is 2.62 bits per heavy atom. The van der Waals surface area contributed by atoms with Crippen molar-refractivity contribution in [3.05, 3.63) is 29.6 Å². The van der Waals surface area contributed by atoms with Crippen LogP contribution in [-0.4, -0.2) is 34.2 Å². The number of rotatable bonds is 2. The second-order valence-electron chi connectivity index (χ2n) is 7.88. The van der Waals surface area contributed by atoms with E-state index in [0.29, 0.717) is 11.3 Å². The summed E-state index contributed by atoms with van der Waals surface area (Å²) in [6.07, 6.45) is 2.55. The second kappa shape index (κ2) is 4.72. The minimum Gasteiger partial charge on any atom is -0.465 e. The van der Waals surface area contributed by atoms with Crippen LogP contribution in [0.2, 0.25) is 0 Å². The molecule has 0 radical (unpaired) electrons. The Morgan fingerprint density at radius 2 is 2.05 bits per heavy atom. The van der Waals surface area contributed by atoms with Gasteiger partial charge >= 0.3 is 6.09 Å². The molecule has 2 aliphatic rings. The van der Waals surface area contributed by atoms with Crippen LogP contribution in [0, 0.1) is 11.3 Å². The van der Waals surface area contributed by atoms with Crippen LogP contribution in [0.25, 0.3) is 0 Å². The van der Waals surface area contributed by atoms with Gasteiger partial charge in [0.1, 0.15) is 0 Å².